The van der Waals surface area contributed by atoms with Crippen LogP contribution in [0.4, 0.5) is 17.1 Å². The van der Waals surface area contributed by atoms with Gasteiger partial charge in [-0.3, -0.25) is 0 Å². The third-order valence-electron chi connectivity index (χ3n) is 15.0. The predicted molar refractivity (Wildman–Crippen MR) is 252 cm³/mol. The van der Waals surface area contributed by atoms with Crippen molar-refractivity contribution in [2.75, 3.05) is 4.90 Å². The average Bonchev–Trinajstić information content (AvgIpc) is 4.01. The highest BCUT2D eigenvalue weighted by Crippen LogP contribution is 2.60. The summed E-state index contributed by atoms with van der Waals surface area (Å²) in [7, 11) is 0. The van der Waals surface area contributed by atoms with Crippen molar-refractivity contribution in [1.29, 1.82) is 0 Å². The van der Waals surface area contributed by atoms with E-state index in [1.807, 2.05) is 0 Å². The van der Waals surface area contributed by atoms with Gasteiger partial charge in [-0.2, -0.15) is 0 Å². The Morgan fingerprint density at radius 2 is 0.800 bits per heavy atom. The molecule has 8 aromatic carbocycles. The molecule has 0 radical (unpaired) electrons. The fraction of sp³-hybridized carbons (Fsp3) is 0.186. The summed E-state index contributed by atoms with van der Waals surface area (Å²) in [6.07, 6.45) is 4.93. The number of nitrogens with zero attached hydrogens (tertiary/aromatic N) is 1. The van der Waals surface area contributed by atoms with E-state index in [1.165, 1.54) is 132 Å². The van der Waals surface area contributed by atoms with Crippen molar-refractivity contribution in [2.24, 2.45) is 0 Å². The van der Waals surface area contributed by atoms with Crippen molar-refractivity contribution in [1.82, 2.24) is 0 Å². The van der Waals surface area contributed by atoms with Crippen molar-refractivity contribution in [2.45, 2.75) is 69.6 Å². The summed E-state index contributed by atoms with van der Waals surface area (Å²) >= 11 is 0. The molecule has 1 heteroatoms. The first-order valence-corrected chi connectivity index (χ1v) is 22.0. The monoisotopic (exact) mass is 771 g/mol. The van der Waals surface area contributed by atoms with Gasteiger partial charge < -0.3 is 4.90 Å². The zero-order valence-corrected chi connectivity index (χ0v) is 35.0. The Balaban J connectivity index is 1.13. The fourth-order valence-electron chi connectivity index (χ4n) is 12.4. The Bertz CT molecular complexity index is 3060. The van der Waals surface area contributed by atoms with Gasteiger partial charge in [0, 0.05) is 33.1 Å². The second-order valence-electron chi connectivity index (χ2n) is 18.7. The Morgan fingerprint density at radius 1 is 0.350 bits per heavy atom. The standard InChI is InChI=1S/C59H49N/c1-57(2)49-28-11-7-23-47(49)55-44(24-18-30-51(55)57)42-21-8-13-31-53(42)60(38-33-34-41-39-19-6-12-29-50(39)59(52(41)37-38)35-15-16-36-59)54-32-14-9-22-43(54)46-26-17-25-45-40-20-5-10-27-48(40)58(3,4)56(45)46/h5-14,17-34,37H,15-16,35-36H2,1-4H3. The van der Waals surface area contributed by atoms with Crippen LogP contribution in [0.15, 0.2) is 176 Å². The molecule has 4 aliphatic rings. The van der Waals surface area contributed by atoms with Crippen LogP contribution in [0.2, 0.25) is 0 Å². The lowest BCUT2D eigenvalue weighted by molar-refractivity contribution is 0.550. The molecule has 0 heterocycles. The van der Waals surface area contributed by atoms with Crippen LogP contribution in [0.5, 0.6) is 0 Å². The van der Waals surface area contributed by atoms with E-state index in [4.69, 9.17) is 0 Å². The smallest absolute Gasteiger partial charge is 0.0540 e. The number of para-hydroxylation sites is 2. The van der Waals surface area contributed by atoms with Crippen molar-refractivity contribution in [3.63, 3.8) is 0 Å². The number of benzene rings is 8. The van der Waals surface area contributed by atoms with Crippen molar-refractivity contribution < 1.29 is 0 Å². The van der Waals surface area contributed by atoms with Crippen LogP contribution in [0.1, 0.15) is 86.8 Å². The minimum Gasteiger partial charge on any atom is -0.309 e. The molecule has 0 atom stereocenters. The summed E-state index contributed by atoms with van der Waals surface area (Å²) in [4.78, 5) is 2.61. The van der Waals surface area contributed by atoms with E-state index < -0.39 is 0 Å². The van der Waals surface area contributed by atoms with Crippen LogP contribution < -0.4 is 4.90 Å². The highest BCUT2D eigenvalue weighted by atomic mass is 15.1. The van der Waals surface area contributed by atoms with Gasteiger partial charge in [0.05, 0.1) is 11.4 Å². The van der Waals surface area contributed by atoms with Crippen LogP contribution in [0.25, 0.3) is 55.6 Å². The Kier molecular flexibility index (Phi) is 7.56. The van der Waals surface area contributed by atoms with Crippen LogP contribution in [-0.4, -0.2) is 0 Å². The van der Waals surface area contributed by atoms with Crippen LogP contribution >= 0.6 is 0 Å². The van der Waals surface area contributed by atoms with Gasteiger partial charge in [-0.05, 0) is 115 Å². The maximum absolute atomic E-state index is 2.61. The van der Waals surface area contributed by atoms with E-state index >= 15 is 0 Å². The molecule has 0 aliphatic heterocycles. The molecule has 0 N–H and O–H groups in total. The topological polar surface area (TPSA) is 3.24 Å². The summed E-state index contributed by atoms with van der Waals surface area (Å²) in [5, 5.41) is 0. The molecule has 0 bridgehead atoms. The Morgan fingerprint density at radius 3 is 1.48 bits per heavy atom. The van der Waals surface area contributed by atoms with Gasteiger partial charge in [-0.15, -0.1) is 0 Å². The molecular formula is C59H49N. The molecule has 0 unspecified atom stereocenters. The number of hydrogen-bond acceptors (Lipinski definition) is 1. The maximum atomic E-state index is 2.61. The third-order valence-corrected chi connectivity index (χ3v) is 15.0. The van der Waals surface area contributed by atoms with E-state index in [0.717, 1.165) is 0 Å². The zero-order chi connectivity index (χ0) is 40.4. The normalized spacial score (nSPS) is 16.5. The summed E-state index contributed by atoms with van der Waals surface area (Å²) in [5.74, 6) is 0. The lowest BCUT2D eigenvalue weighted by Crippen LogP contribution is -2.21. The number of anilines is 3. The Hall–Kier alpha value is -6.44. The van der Waals surface area contributed by atoms with E-state index in [2.05, 4.69) is 209 Å². The summed E-state index contributed by atoms with van der Waals surface area (Å²) in [5.41, 5.74) is 25.2. The van der Waals surface area contributed by atoms with E-state index in [0.29, 0.717) is 0 Å². The van der Waals surface area contributed by atoms with Crippen LogP contribution in [-0.2, 0) is 16.2 Å². The lowest BCUT2D eigenvalue weighted by atomic mass is 9.76. The molecule has 8 aromatic rings. The quantitative estimate of drug-likeness (QED) is 0.168. The molecule has 0 amide bonds. The minimum atomic E-state index is -0.155. The molecule has 1 spiro atoms. The highest BCUT2D eigenvalue weighted by molar-refractivity contribution is 6.01. The number of fused-ring (bicyclic) bond motifs is 11. The maximum Gasteiger partial charge on any atom is 0.0540 e. The molecule has 12 rings (SSSR count). The van der Waals surface area contributed by atoms with Gasteiger partial charge in [0.1, 0.15) is 0 Å². The van der Waals surface area contributed by atoms with E-state index in [-0.39, 0.29) is 16.2 Å². The second-order valence-corrected chi connectivity index (χ2v) is 18.7. The molecule has 1 fully saturated rings. The highest BCUT2D eigenvalue weighted by Gasteiger charge is 2.45. The lowest BCUT2D eigenvalue weighted by Gasteiger charge is -2.33. The number of rotatable bonds is 5. The molecule has 1 saturated carbocycles. The molecule has 1 nitrogen and oxygen atoms in total. The molecule has 290 valence electrons. The molecular weight excluding hydrogens is 723 g/mol. The van der Waals surface area contributed by atoms with Gasteiger partial charge >= 0.3 is 0 Å². The number of hydrogen-bond donors (Lipinski definition) is 0. The first-order chi connectivity index (χ1) is 29.3. The predicted octanol–water partition coefficient (Wildman–Crippen LogP) is 15.9. The zero-order valence-electron chi connectivity index (χ0n) is 35.0. The summed E-state index contributed by atoms with van der Waals surface area (Å²) in [6.45, 7) is 9.58. The van der Waals surface area contributed by atoms with Crippen LogP contribution in [0, 0.1) is 0 Å². The first-order valence-electron chi connectivity index (χ1n) is 22.0. The van der Waals surface area contributed by atoms with Gasteiger partial charge in [0.25, 0.3) is 0 Å². The van der Waals surface area contributed by atoms with Gasteiger partial charge in [-0.25, -0.2) is 0 Å². The molecule has 0 saturated heterocycles. The van der Waals surface area contributed by atoms with Crippen LogP contribution in [0.3, 0.4) is 0 Å². The second kappa shape index (κ2) is 12.8. The van der Waals surface area contributed by atoms with Gasteiger partial charge in [0.2, 0.25) is 0 Å². The van der Waals surface area contributed by atoms with Crippen molar-refractivity contribution in [3.05, 3.63) is 209 Å². The minimum absolute atomic E-state index is 0.0538. The summed E-state index contributed by atoms with van der Waals surface area (Å²) in [6, 6.07) is 67.0. The van der Waals surface area contributed by atoms with Crippen molar-refractivity contribution in [3.8, 4) is 55.6 Å². The van der Waals surface area contributed by atoms with Gasteiger partial charge in [0.15, 0.2) is 0 Å². The van der Waals surface area contributed by atoms with E-state index in [9.17, 15) is 0 Å². The summed E-state index contributed by atoms with van der Waals surface area (Å²) < 4.78 is 0. The first kappa shape index (κ1) is 35.5. The van der Waals surface area contributed by atoms with Crippen molar-refractivity contribution >= 4 is 17.1 Å². The third kappa shape index (κ3) is 4.75. The molecule has 60 heavy (non-hydrogen) atoms. The van der Waals surface area contributed by atoms with Gasteiger partial charge in [-0.1, -0.05) is 192 Å². The average molecular weight is 772 g/mol. The fourth-order valence-corrected chi connectivity index (χ4v) is 12.4. The SMILES string of the molecule is CC1(C)c2ccccc2-c2c(-c3ccccc3N(c3ccc4c(c3)C3(CCCC3)c3ccccc3-4)c3ccccc3-c3cccc4c3C(C)(C)c3ccccc3-4)cccc21. The Labute approximate surface area is 355 Å². The largest absolute Gasteiger partial charge is 0.309 e. The van der Waals surface area contributed by atoms with E-state index in [1.54, 1.807) is 0 Å². The molecule has 4 aliphatic carbocycles. The molecule has 0 aromatic heterocycles.